The molecule has 0 aliphatic rings. The number of aryl methyl sites for hydroxylation is 1. The van der Waals surface area contributed by atoms with Crippen molar-refractivity contribution < 1.29 is 9.53 Å². The van der Waals surface area contributed by atoms with Crippen LogP contribution in [-0.4, -0.2) is 13.1 Å². The van der Waals surface area contributed by atoms with Crippen LogP contribution in [0.15, 0.2) is 24.3 Å². The summed E-state index contributed by atoms with van der Waals surface area (Å²) in [4.78, 5) is 11.1. The van der Waals surface area contributed by atoms with Crippen molar-refractivity contribution in [3.63, 3.8) is 0 Å². The molecule has 1 aromatic carbocycles. The highest BCUT2D eigenvalue weighted by Crippen LogP contribution is 2.19. The Morgan fingerprint density at radius 3 is 2.35 bits per heavy atom. The van der Waals surface area contributed by atoms with Gasteiger partial charge in [0.25, 0.3) is 0 Å². The fourth-order valence-corrected chi connectivity index (χ4v) is 2.78. The second kappa shape index (κ2) is 12.1. The summed E-state index contributed by atoms with van der Waals surface area (Å²) in [5, 5.41) is 0. The Labute approximate surface area is 141 Å². The molecule has 1 rings (SSSR count). The van der Waals surface area contributed by atoms with Crippen LogP contribution in [0.2, 0.25) is 0 Å². The summed E-state index contributed by atoms with van der Waals surface area (Å²) in [6, 6.07) is 8.68. The Balaban J connectivity index is 2.25. The summed E-state index contributed by atoms with van der Waals surface area (Å²) in [5.74, 6) is -0.137. The Bertz CT molecular complexity index is 428. The first-order valence-electron chi connectivity index (χ1n) is 9.08. The number of hydrogen-bond donors (Lipinski definition) is 1. The Morgan fingerprint density at radius 2 is 1.70 bits per heavy atom. The molecular weight excluding hydrogens is 286 g/mol. The molecule has 1 unspecified atom stereocenters. The summed E-state index contributed by atoms with van der Waals surface area (Å²) in [6.07, 6.45) is 11.1. The minimum absolute atomic E-state index is 0.137. The monoisotopic (exact) mass is 319 g/mol. The van der Waals surface area contributed by atoms with Gasteiger partial charge in [-0.05, 0) is 30.4 Å². The van der Waals surface area contributed by atoms with Crippen molar-refractivity contribution in [3.8, 4) is 0 Å². The standard InChI is InChI=1S/C20H33NO2/c1-3-4-5-6-7-8-11-19(21)18-15-13-17(14-16-18)10-9-12-20(22)23-2/h13-16,19H,3-12,21H2,1-2H3. The lowest BCUT2D eigenvalue weighted by atomic mass is 9.98. The predicted octanol–water partition coefficient (Wildman–Crippen LogP) is 4.93. The molecule has 0 saturated heterocycles. The predicted molar refractivity (Wildman–Crippen MR) is 96.3 cm³/mol. The van der Waals surface area contributed by atoms with E-state index in [1.54, 1.807) is 0 Å². The third-order valence-electron chi connectivity index (χ3n) is 4.35. The second-order valence-electron chi connectivity index (χ2n) is 6.33. The lowest BCUT2D eigenvalue weighted by molar-refractivity contribution is -0.140. The highest BCUT2D eigenvalue weighted by Gasteiger charge is 2.06. The van der Waals surface area contributed by atoms with E-state index in [0.29, 0.717) is 6.42 Å². The molecule has 2 N–H and O–H groups in total. The van der Waals surface area contributed by atoms with Gasteiger partial charge in [0.05, 0.1) is 7.11 Å². The molecule has 130 valence electrons. The minimum atomic E-state index is -0.137. The van der Waals surface area contributed by atoms with E-state index in [9.17, 15) is 4.79 Å². The van der Waals surface area contributed by atoms with Gasteiger partial charge >= 0.3 is 5.97 Å². The molecule has 0 bridgehead atoms. The molecule has 0 saturated carbocycles. The lowest BCUT2D eigenvalue weighted by Crippen LogP contribution is -2.10. The molecule has 0 aromatic heterocycles. The highest BCUT2D eigenvalue weighted by atomic mass is 16.5. The van der Waals surface area contributed by atoms with Crippen molar-refractivity contribution in [2.24, 2.45) is 5.73 Å². The van der Waals surface area contributed by atoms with Gasteiger partial charge in [-0.15, -0.1) is 0 Å². The summed E-state index contributed by atoms with van der Waals surface area (Å²) in [5.41, 5.74) is 8.75. The van der Waals surface area contributed by atoms with Crippen LogP contribution >= 0.6 is 0 Å². The van der Waals surface area contributed by atoms with Crippen molar-refractivity contribution in [1.82, 2.24) is 0 Å². The Hall–Kier alpha value is -1.35. The third kappa shape index (κ3) is 8.75. The highest BCUT2D eigenvalue weighted by molar-refractivity contribution is 5.69. The smallest absolute Gasteiger partial charge is 0.305 e. The number of nitrogens with two attached hydrogens (primary N) is 1. The zero-order chi connectivity index (χ0) is 16.9. The number of rotatable bonds is 12. The van der Waals surface area contributed by atoms with Crippen LogP contribution in [0.25, 0.3) is 0 Å². The zero-order valence-electron chi connectivity index (χ0n) is 14.9. The maximum atomic E-state index is 11.1. The zero-order valence-corrected chi connectivity index (χ0v) is 14.9. The van der Waals surface area contributed by atoms with E-state index in [4.69, 9.17) is 5.73 Å². The fourth-order valence-electron chi connectivity index (χ4n) is 2.78. The number of carbonyl (C=O) groups excluding carboxylic acids is 1. The quantitative estimate of drug-likeness (QED) is 0.439. The molecule has 3 nitrogen and oxygen atoms in total. The second-order valence-corrected chi connectivity index (χ2v) is 6.33. The van der Waals surface area contributed by atoms with Crippen LogP contribution in [-0.2, 0) is 16.0 Å². The van der Waals surface area contributed by atoms with Crippen LogP contribution in [0.3, 0.4) is 0 Å². The molecule has 0 aliphatic heterocycles. The molecule has 3 heteroatoms. The summed E-state index contributed by atoms with van der Waals surface area (Å²) in [6.45, 7) is 2.25. The van der Waals surface area contributed by atoms with E-state index in [-0.39, 0.29) is 12.0 Å². The van der Waals surface area contributed by atoms with Crippen LogP contribution in [0.4, 0.5) is 0 Å². The minimum Gasteiger partial charge on any atom is -0.469 e. The normalized spacial score (nSPS) is 12.1. The average Bonchev–Trinajstić information content (AvgIpc) is 2.58. The van der Waals surface area contributed by atoms with E-state index >= 15 is 0 Å². The topological polar surface area (TPSA) is 52.3 Å². The van der Waals surface area contributed by atoms with Gasteiger partial charge < -0.3 is 10.5 Å². The molecule has 1 atom stereocenters. The number of carbonyl (C=O) groups is 1. The maximum absolute atomic E-state index is 11.1. The molecule has 23 heavy (non-hydrogen) atoms. The van der Waals surface area contributed by atoms with Crippen LogP contribution in [0.5, 0.6) is 0 Å². The van der Waals surface area contributed by atoms with Crippen molar-refractivity contribution in [3.05, 3.63) is 35.4 Å². The van der Waals surface area contributed by atoms with Crippen molar-refractivity contribution in [2.45, 2.75) is 77.2 Å². The van der Waals surface area contributed by atoms with Crippen LogP contribution < -0.4 is 5.73 Å². The third-order valence-corrected chi connectivity index (χ3v) is 4.35. The summed E-state index contributed by atoms with van der Waals surface area (Å²) < 4.78 is 4.65. The van der Waals surface area contributed by atoms with Gasteiger partial charge in [-0.1, -0.05) is 69.7 Å². The largest absolute Gasteiger partial charge is 0.469 e. The summed E-state index contributed by atoms with van der Waals surface area (Å²) >= 11 is 0. The van der Waals surface area contributed by atoms with Crippen LogP contribution in [0.1, 0.15) is 81.9 Å². The van der Waals surface area contributed by atoms with E-state index in [0.717, 1.165) is 19.3 Å². The van der Waals surface area contributed by atoms with Gasteiger partial charge in [-0.25, -0.2) is 0 Å². The van der Waals surface area contributed by atoms with E-state index in [2.05, 4.69) is 35.9 Å². The first kappa shape index (κ1) is 19.7. The number of unbranched alkanes of at least 4 members (excludes halogenated alkanes) is 5. The van der Waals surface area contributed by atoms with Crippen molar-refractivity contribution >= 4 is 5.97 Å². The number of hydrogen-bond acceptors (Lipinski definition) is 3. The van der Waals surface area contributed by atoms with E-state index in [1.165, 1.54) is 56.8 Å². The molecular formula is C20H33NO2. The van der Waals surface area contributed by atoms with Crippen molar-refractivity contribution in [2.75, 3.05) is 7.11 Å². The number of benzene rings is 1. The lowest BCUT2D eigenvalue weighted by Gasteiger charge is -2.12. The van der Waals surface area contributed by atoms with Gasteiger partial charge in [0.15, 0.2) is 0 Å². The van der Waals surface area contributed by atoms with Gasteiger partial charge in [-0.3, -0.25) is 4.79 Å². The molecule has 0 heterocycles. The Kier molecular flexibility index (Phi) is 10.4. The first-order valence-corrected chi connectivity index (χ1v) is 9.08. The average molecular weight is 319 g/mol. The molecule has 0 spiro atoms. The van der Waals surface area contributed by atoms with E-state index in [1.807, 2.05) is 0 Å². The molecule has 0 fully saturated rings. The maximum Gasteiger partial charge on any atom is 0.305 e. The number of ether oxygens (including phenoxy) is 1. The number of esters is 1. The first-order chi connectivity index (χ1) is 11.2. The van der Waals surface area contributed by atoms with Gasteiger partial charge in [0, 0.05) is 12.5 Å². The molecule has 1 aromatic rings. The van der Waals surface area contributed by atoms with Crippen molar-refractivity contribution in [1.29, 1.82) is 0 Å². The van der Waals surface area contributed by atoms with Crippen LogP contribution in [0, 0.1) is 0 Å². The SMILES string of the molecule is CCCCCCCCC(N)c1ccc(CCCC(=O)OC)cc1. The fraction of sp³-hybridized carbons (Fsp3) is 0.650. The van der Waals surface area contributed by atoms with Gasteiger partial charge in [0.1, 0.15) is 0 Å². The number of methoxy groups -OCH3 is 1. The molecule has 0 radical (unpaired) electrons. The van der Waals surface area contributed by atoms with E-state index < -0.39 is 0 Å². The van der Waals surface area contributed by atoms with Gasteiger partial charge in [0.2, 0.25) is 0 Å². The summed E-state index contributed by atoms with van der Waals surface area (Å²) in [7, 11) is 1.43. The molecule has 0 amide bonds. The molecule has 0 aliphatic carbocycles. The Morgan fingerprint density at radius 1 is 1.04 bits per heavy atom. The van der Waals surface area contributed by atoms with Gasteiger partial charge in [-0.2, -0.15) is 0 Å².